The van der Waals surface area contributed by atoms with E-state index < -0.39 is 0 Å². The summed E-state index contributed by atoms with van der Waals surface area (Å²) in [6, 6.07) is 8.33. The molecule has 1 N–H and O–H groups in total. The maximum atomic E-state index is 5.75. The molecule has 0 saturated carbocycles. The number of ether oxygens (including phenoxy) is 2. The predicted molar refractivity (Wildman–Crippen MR) is 83.6 cm³/mol. The van der Waals surface area contributed by atoms with Crippen molar-refractivity contribution in [2.75, 3.05) is 31.3 Å². The Hall–Kier alpha value is -0.870. The second-order valence-electron chi connectivity index (χ2n) is 4.24. The Morgan fingerprint density at radius 1 is 1.16 bits per heavy atom. The summed E-state index contributed by atoms with van der Waals surface area (Å²) in [6.45, 7) is 8.54. The number of hydrogen-bond donors (Lipinski definition) is 1. The van der Waals surface area contributed by atoms with Crippen LogP contribution in [0.4, 0.5) is 0 Å². The third-order valence-electron chi connectivity index (χ3n) is 2.57. The third kappa shape index (κ3) is 6.73. The van der Waals surface area contributed by atoms with Gasteiger partial charge in [0, 0.05) is 18.3 Å². The standard InChI is InChI=1S/C15H25NO2S/c1-4-17-14-8-6-7-9-15(14)18-11-10-16-13(3)12-19-5-2/h6-9,13,16H,4-5,10-12H2,1-3H3. The van der Waals surface area contributed by atoms with E-state index in [1.165, 1.54) is 5.75 Å². The van der Waals surface area contributed by atoms with Crippen LogP contribution in [0.15, 0.2) is 24.3 Å². The zero-order chi connectivity index (χ0) is 13.9. The fraction of sp³-hybridized carbons (Fsp3) is 0.600. The molecule has 3 nitrogen and oxygen atoms in total. The van der Waals surface area contributed by atoms with Crippen molar-refractivity contribution in [2.45, 2.75) is 26.8 Å². The summed E-state index contributed by atoms with van der Waals surface area (Å²) in [5.74, 6) is 3.96. The van der Waals surface area contributed by atoms with Crippen LogP contribution in [-0.4, -0.2) is 37.3 Å². The Labute approximate surface area is 121 Å². The number of hydrogen-bond acceptors (Lipinski definition) is 4. The lowest BCUT2D eigenvalue weighted by molar-refractivity contribution is 0.273. The summed E-state index contributed by atoms with van der Waals surface area (Å²) in [5.41, 5.74) is 0. The Morgan fingerprint density at radius 2 is 1.84 bits per heavy atom. The van der Waals surface area contributed by atoms with Crippen LogP contribution in [0, 0.1) is 0 Å². The van der Waals surface area contributed by atoms with Crippen molar-refractivity contribution < 1.29 is 9.47 Å². The molecule has 1 unspecified atom stereocenters. The van der Waals surface area contributed by atoms with E-state index in [4.69, 9.17) is 9.47 Å². The van der Waals surface area contributed by atoms with Gasteiger partial charge in [0.1, 0.15) is 6.61 Å². The maximum Gasteiger partial charge on any atom is 0.161 e. The highest BCUT2D eigenvalue weighted by molar-refractivity contribution is 7.99. The van der Waals surface area contributed by atoms with E-state index in [-0.39, 0.29) is 0 Å². The van der Waals surface area contributed by atoms with E-state index >= 15 is 0 Å². The fourth-order valence-electron chi connectivity index (χ4n) is 1.66. The monoisotopic (exact) mass is 283 g/mol. The molecule has 0 amide bonds. The average Bonchev–Trinajstić information content (AvgIpc) is 2.43. The molecule has 0 radical (unpaired) electrons. The molecule has 0 heterocycles. The molecule has 1 atom stereocenters. The summed E-state index contributed by atoms with van der Waals surface area (Å²) in [5, 5.41) is 3.45. The zero-order valence-corrected chi connectivity index (χ0v) is 13.0. The van der Waals surface area contributed by atoms with Crippen molar-refractivity contribution in [3.05, 3.63) is 24.3 Å². The largest absolute Gasteiger partial charge is 0.490 e. The first-order chi connectivity index (χ1) is 9.27. The molecular weight excluding hydrogens is 258 g/mol. The minimum Gasteiger partial charge on any atom is -0.490 e. The van der Waals surface area contributed by atoms with Gasteiger partial charge in [-0.1, -0.05) is 19.1 Å². The molecular formula is C15H25NO2S. The second-order valence-corrected chi connectivity index (χ2v) is 5.56. The molecule has 0 fully saturated rings. The first kappa shape index (κ1) is 16.2. The molecule has 0 spiro atoms. The van der Waals surface area contributed by atoms with Gasteiger partial charge in [0.15, 0.2) is 11.5 Å². The van der Waals surface area contributed by atoms with Crippen LogP contribution in [0.25, 0.3) is 0 Å². The second kappa shape index (κ2) is 9.98. The first-order valence-corrected chi connectivity index (χ1v) is 8.09. The third-order valence-corrected chi connectivity index (χ3v) is 3.72. The van der Waals surface area contributed by atoms with Gasteiger partial charge >= 0.3 is 0 Å². The van der Waals surface area contributed by atoms with Crippen LogP contribution in [-0.2, 0) is 0 Å². The van der Waals surface area contributed by atoms with Gasteiger partial charge in [0.05, 0.1) is 6.61 Å². The average molecular weight is 283 g/mol. The van der Waals surface area contributed by atoms with Crippen molar-refractivity contribution in [3.63, 3.8) is 0 Å². The highest BCUT2D eigenvalue weighted by Gasteiger charge is 2.04. The SMILES string of the molecule is CCOc1ccccc1OCCNC(C)CSCC. The van der Waals surface area contributed by atoms with E-state index in [1.54, 1.807) is 0 Å². The van der Waals surface area contributed by atoms with Crippen molar-refractivity contribution in [1.82, 2.24) is 5.32 Å². The quantitative estimate of drug-likeness (QED) is 0.668. The minimum absolute atomic E-state index is 0.524. The molecule has 108 valence electrons. The van der Waals surface area contributed by atoms with Gasteiger partial charge < -0.3 is 14.8 Å². The fourth-order valence-corrected chi connectivity index (χ4v) is 2.37. The normalized spacial score (nSPS) is 12.2. The number of para-hydroxylation sites is 2. The van der Waals surface area contributed by atoms with Gasteiger partial charge in [0.25, 0.3) is 0 Å². The molecule has 0 saturated heterocycles. The van der Waals surface area contributed by atoms with E-state index in [1.807, 2.05) is 43.0 Å². The topological polar surface area (TPSA) is 30.5 Å². The van der Waals surface area contributed by atoms with Gasteiger partial charge in [-0.3, -0.25) is 0 Å². The number of thioether (sulfide) groups is 1. The van der Waals surface area contributed by atoms with Crippen molar-refractivity contribution in [2.24, 2.45) is 0 Å². The van der Waals surface area contributed by atoms with Crippen LogP contribution in [0.2, 0.25) is 0 Å². The minimum atomic E-state index is 0.524. The van der Waals surface area contributed by atoms with Crippen LogP contribution < -0.4 is 14.8 Å². The van der Waals surface area contributed by atoms with Crippen LogP contribution in [0.5, 0.6) is 11.5 Å². The van der Waals surface area contributed by atoms with Gasteiger partial charge in [-0.25, -0.2) is 0 Å². The Kier molecular flexibility index (Phi) is 8.50. The van der Waals surface area contributed by atoms with Crippen LogP contribution in [0.1, 0.15) is 20.8 Å². The van der Waals surface area contributed by atoms with Gasteiger partial charge in [-0.05, 0) is 31.7 Å². The van der Waals surface area contributed by atoms with E-state index in [9.17, 15) is 0 Å². The van der Waals surface area contributed by atoms with Crippen LogP contribution in [0.3, 0.4) is 0 Å². The molecule has 0 aromatic heterocycles. The van der Waals surface area contributed by atoms with Crippen molar-refractivity contribution in [1.29, 1.82) is 0 Å². The highest BCUT2D eigenvalue weighted by Crippen LogP contribution is 2.25. The summed E-state index contributed by atoms with van der Waals surface area (Å²) in [6.07, 6.45) is 0. The lowest BCUT2D eigenvalue weighted by Crippen LogP contribution is -2.32. The molecule has 19 heavy (non-hydrogen) atoms. The van der Waals surface area contributed by atoms with Crippen molar-refractivity contribution >= 4 is 11.8 Å². The summed E-state index contributed by atoms with van der Waals surface area (Å²) in [7, 11) is 0. The highest BCUT2D eigenvalue weighted by atomic mass is 32.2. The van der Waals surface area contributed by atoms with Gasteiger partial charge in [-0.2, -0.15) is 11.8 Å². The molecule has 1 rings (SSSR count). The first-order valence-electron chi connectivity index (χ1n) is 6.93. The predicted octanol–water partition coefficient (Wildman–Crippen LogP) is 3.20. The van der Waals surface area contributed by atoms with E-state index in [0.717, 1.165) is 23.8 Å². The van der Waals surface area contributed by atoms with Gasteiger partial charge in [-0.15, -0.1) is 0 Å². The number of rotatable bonds is 10. The summed E-state index contributed by atoms with van der Waals surface area (Å²) >= 11 is 1.96. The molecule has 0 bridgehead atoms. The molecule has 4 heteroatoms. The summed E-state index contributed by atoms with van der Waals surface area (Å²) in [4.78, 5) is 0. The molecule has 1 aromatic rings. The lowest BCUT2D eigenvalue weighted by atomic mass is 10.3. The zero-order valence-electron chi connectivity index (χ0n) is 12.1. The lowest BCUT2D eigenvalue weighted by Gasteiger charge is -2.15. The van der Waals surface area contributed by atoms with E-state index in [0.29, 0.717) is 19.3 Å². The molecule has 1 aromatic carbocycles. The Morgan fingerprint density at radius 3 is 2.47 bits per heavy atom. The molecule has 0 aliphatic rings. The summed E-state index contributed by atoms with van der Waals surface area (Å²) < 4.78 is 11.3. The molecule has 0 aliphatic heterocycles. The van der Waals surface area contributed by atoms with Crippen molar-refractivity contribution in [3.8, 4) is 11.5 Å². The number of nitrogens with one attached hydrogen (secondary N) is 1. The Balaban J connectivity index is 2.25. The van der Waals surface area contributed by atoms with Gasteiger partial charge in [0.2, 0.25) is 0 Å². The number of benzene rings is 1. The Bertz CT molecular complexity index is 347. The maximum absolute atomic E-state index is 5.75. The molecule has 0 aliphatic carbocycles. The van der Waals surface area contributed by atoms with E-state index in [2.05, 4.69) is 19.2 Å². The smallest absolute Gasteiger partial charge is 0.161 e. The van der Waals surface area contributed by atoms with Crippen LogP contribution >= 0.6 is 11.8 Å².